The number of nitrogens with one attached hydrogen (secondary N) is 2. The molecule has 32 heavy (non-hydrogen) atoms. The lowest BCUT2D eigenvalue weighted by Crippen LogP contribution is -2.37. The van der Waals surface area contributed by atoms with Crippen LogP contribution in [0, 0.1) is 0 Å². The summed E-state index contributed by atoms with van der Waals surface area (Å²) < 4.78 is 0. The van der Waals surface area contributed by atoms with Gasteiger partial charge in [0.05, 0.1) is 34.3 Å². The molecule has 2 aromatic heterocycles. The fraction of sp³-hybridized carbons (Fsp3) is 0.364. The second-order valence-electron chi connectivity index (χ2n) is 7.36. The first-order valence-electron chi connectivity index (χ1n) is 10.3. The maximum absolute atomic E-state index is 12.6. The Morgan fingerprint density at radius 3 is 1.47 bits per heavy atom. The van der Waals surface area contributed by atoms with Crippen molar-refractivity contribution in [2.24, 2.45) is 11.5 Å². The molecule has 0 aliphatic carbocycles. The van der Waals surface area contributed by atoms with E-state index in [1.165, 1.54) is 36.9 Å². The Morgan fingerprint density at radius 1 is 0.750 bits per heavy atom. The van der Waals surface area contributed by atoms with Crippen molar-refractivity contribution in [2.45, 2.75) is 38.8 Å². The predicted molar refractivity (Wildman–Crippen MR) is 118 cm³/mol. The summed E-state index contributed by atoms with van der Waals surface area (Å²) in [4.78, 5) is 55.9. The van der Waals surface area contributed by atoms with Crippen LogP contribution in [0.5, 0.6) is 0 Å². The number of nitrogens with two attached hydrogens (primary N) is 2. The van der Waals surface area contributed by atoms with Crippen LogP contribution < -0.4 is 22.1 Å². The molecule has 0 aliphatic rings. The van der Waals surface area contributed by atoms with Gasteiger partial charge in [-0.1, -0.05) is 0 Å². The van der Waals surface area contributed by atoms with Crippen LogP contribution in [-0.4, -0.2) is 58.5 Å². The molecule has 10 heteroatoms. The number of hydrogen-bond acceptors (Lipinski definition) is 8. The van der Waals surface area contributed by atoms with E-state index in [2.05, 4.69) is 20.6 Å². The number of pyridine rings is 2. The van der Waals surface area contributed by atoms with Crippen LogP contribution >= 0.6 is 0 Å². The van der Waals surface area contributed by atoms with Crippen molar-refractivity contribution in [3.05, 3.63) is 59.2 Å². The standard InChI is InChI=1S/C22H28N6O4/c1-13(19(29)17-11-25-9-5-15(17)21(23)31)27-7-3-4-8-28-14(2)20(30)18-12-26-10-6-16(18)22(24)32/h5-6,9-14,27-28H,3-4,7-8H2,1-2H3,(H2,23,31)(H2,24,32). The molecule has 6 N–H and O–H groups in total. The molecule has 0 spiro atoms. The molecule has 2 amide bonds. The second kappa shape index (κ2) is 11.8. The number of unbranched alkanes of at least 4 members (excludes halogenated alkanes) is 1. The Morgan fingerprint density at radius 2 is 1.12 bits per heavy atom. The average Bonchev–Trinajstić information content (AvgIpc) is 2.79. The highest BCUT2D eigenvalue weighted by molar-refractivity contribution is 6.09. The van der Waals surface area contributed by atoms with E-state index < -0.39 is 23.9 Å². The summed E-state index contributed by atoms with van der Waals surface area (Å²) in [5.74, 6) is -1.87. The Labute approximate surface area is 186 Å². The molecule has 170 valence electrons. The van der Waals surface area contributed by atoms with Gasteiger partial charge in [0.25, 0.3) is 0 Å². The van der Waals surface area contributed by atoms with Crippen LogP contribution in [0.4, 0.5) is 0 Å². The number of Topliss-reactive ketones (excluding diaryl/α,β-unsaturated/α-hetero) is 2. The molecular formula is C22H28N6O4. The first-order chi connectivity index (χ1) is 15.2. The Balaban J connectivity index is 1.75. The molecule has 2 unspecified atom stereocenters. The number of aromatic nitrogens is 2. The van der Waals surface area contributed by atoms with E-state index in [0.29, 0.717) is 13.1 Å². The van der Waals surface area contributed by atoms with Crippen molar-refractivity contribution in [3.8, 4) is 0 Å². The van der Waals surface area contributed by atoms with Crippen LogP contribution in [0.25, 0.3) is 0 Å². The minimum absolute atomic E-state index is 0.148. The lowest BCUT2D eigenvalue weighted by molar-refractivity contribution is 0.0930. The average molecular weight is 441 g/mol. The third-order valence-electron chi connectivity index (χ3n) is 5.00. The van der Waals surface area contributed by atoms with E-state index in [0.717, 1.165) is 12.8 Å². The van der Waals surface area contributed by atoms with Crippen molar-refractivity contribution in [1.29, 1.82) is 0 Å². The highest BCUT2D eigenvalue weighted by Crippen LogP contribution is 2.11. The fourth-order valence-electron chi connectivity index (χ4n) is 3.15. The highest BCUT2D eigenvalue weighted by Gasteiger charge is 2.21. The van der Waals surface area contributed by atoms with Crippen molar-refractivity contribution in [1.82, 2.24) is 20.6 Å². The SMILES string of the molecule is CC(NCCCCNC(C)C(=O)c1cnccc1C(N)=O)C(=O)c1cnccc1C(N)=O. The summed E-state index contributed by atoms with van der Waals surface area (Å²) in [6.45, 7) is 4.56. The Hall–Kier alpha value is -3.50. The maximum Gasteiger partial charge on any atom is 0.249 e. The van der Waals surface area contributed by atoms with Gasteiger partial charge in [-0.3, -0.25) is 29.1 Å². The summed E-state index contributed by atoms with van der Waals surface area (Å²) >= 11 is 0. The van der Waals surface area contributed by atoms with Crippen molar-refractivity contribution < 1.29 is 19.2 Å². The molecule has 0 saturated heterocycles. The number of carbonyl (C=O) groups excluding carboxylic acids is 4. The third-order valence-corrected chi connectivity index (χ3v) is 5.00. The van der Waals surface area contributed by atoms with E-state index in [-0.39, 0.29) is 33.8 Å². The molecule has 0 bridgehead atoms. The zero-order valence-corrected chi connectivity index (χ0v) is 18.1. The van der Waals surface area contributed by atoms with Gasteiger partial charge in [0.2, 0.25) is 11.8 Å². The fourth-order valence-corrected chi connectivity index (χ4v) is 3.15. The quantitative estimate of drug-likeness (QED) is 0.257. The molecular weight excluding hydrogens is 412 g/mol. The van der Waals surface area contributed by atoms with Crippen molar-refractivity contribution >= 4 is 23.4 Å². The van der Waals surface area contributed by atoms with E-state index in [9.17, 15) is 19.2 Å². The molecule has 0 fully saturated rings. The first kappa shape index (κ1) is 24.8. The maximum atomic E-state index is 12.6. The van der Waals surface area contributed by atoms with Gasteiger partial charge >= 0.3 is 0 Å². The van der Waals surface area contributed by atoms with E-state index in [1.54, 1.807) is 13.8 Å². The molecule has 10 nitrogen and oxygen atoms in total. The summed E-state index contributed by atoms with van der Waals surface area (Å²) in [5.41, 5.74) is 11.3. The van der Waals surface area contributed by atoms with E-state index >= 15 is 0 Å². The van der Waals surface area contributed by atoms with Crippen LogP contribution in [0.3, 0.4) is 0 Å². The number of hydrogen-bond donors (Lipinski definition) is 4. The largest absolute Gasteiger partial charge is 0.366 e. The molecule has 2 heterocycles. The van der Waals surface area contributed by atoms with Crippen LogP contribution in [0.15, 0.2) is 36.9 Å². The van der Waals surface area contributed by atoms with Crippen molar-refractivity contribution in [2.75, 3.05) is 13.1 Å². The molecule has 2 atom stereocenters. The second-order valence-corrected chi connectivity index (χ2v) is 7.36. The van der Waals surface area contributed by atoms with Crippen LogP contribution in [0.1, 0.15) is 68.1 Å². The first-order valence-corrected chi connectivity index (χ1v) is 10.3. The van der Waals surface area contributed by atoms with Crippen molar-refractivity contribution in [3.63, 3.8) is 0 Å². The molecule has 0 saturated carbocycles. The zero-order valence-electron chi connectivity index (χ0n) is 18.1. The topological polar surface area (TPSA) is 170 Å². The molecule has 0 radical (unpaired) electrons. The van der Waals surface area contributed by atoms with Gasteiger partial charge in [0.15, 0.2) is 11.6 Å². The monoisotopic (exact) mass is 440 g/mol. The summed E-state index contributed by atoms with van der Waals surface area (Å²) in [6.07, 6.45) is 7.01. The number of primary amides is 2. The van der Waals surface area contributed by atoms with Gasteiger partial charge < -0.3 is 22.1 Å². The van der Waals surface area contributed by atoms with Gasteiger partial charge in [0.1, 0.15) is 0 Å². The molecule has 0 aliphatic heterocycles. The lowest BCUT2D eigenvalue weighted by atomic mass is 10.0. The van der Waals surface area contributed by atoms with Gasteiger partial charge in [-0.25, -0.2) is 0 Å². The number of amides is 2. The Kier molecular flexibility index (Phi) is 9.11. The number of carbonyl (C=O) groups is 4. The third kappa shape index (κ3) is 6.50. The zero-order chi connectivity index (χ0) is 23.7. The summed E-state index contributed by atoms with van der Waals surface area (Å²) in [7, 11) is 0. The van der Waals surface area contributed by atoms with Crippen LogP contribution in [-0.2, 0) is 0 Å². The minimum atomic E-state index is -0.674. The minimum Gasteiger partial charge on any atom is -0.366 e. The van der Waals surface area contributed by atoms with E-state index in [1.807, 2.05) is 0 Å². The molecule has 0 aromatic carbocycles. The lowest BCUT2D eigenvalue weighted by Gasteiger charge is -2.15. The van der Waals surface area contributed by atoms with Gasteiger partial charge in [-0.2, -0.15) is 0 Å². The number of ketones is 2. The number of nitrogens with zero attached hydrogens (tertiary/aromatic N) is 2. The van der Waals surface area contributed by atoms with Gasteiger partial charge in [-0.05, 0) is 51.9 Å². The van der Waals surface area contributed by atoms with Crippen LogP contribution in [0.2, 0.25) is 0 Å². The predicted octanol–water partition coefficient (Wildman–Crippen LogP) is 0.476. The normalized spacial score (nSPS) is 12.7. The van der Waals surface area contributed by atoms with E-state index in [4.69, 9.17) is 11.5 Å². The summed E-state index contributed by atoms with van der Waals surface area (Å²) in [6, 6.07) is 1.83. The molecule has 2 aromatic rings. The molecule has 2 rings (SSSR count). The highest BCUT2D eigenvalue weighted by atomic mass is 16.2. The summed E-state index contributed by atoms with van der Waals surface area (Å²) in [5, 5.41) is 6.24. The van der Waals surface area contributed by atoms with Gasteiger partial charge in [-0.15, -0.1) is 0 Å². The smallest absolute Gasteiger partial charge is 0.249 e. The number of rotatable bonds is 13. The Bertz CT molecular complexity index is 914. The van der Waals surface area contributed by atoms with Gasteiger partial charge in [0, 0.05) is 24.8 Å².